The van der Waals surface area contributed by atoms with Gasteiger partial charge in [-0.15, -0.1) is 6.42 Å². The van der Waals surface area contributed by atoms with Crippen LogP contribution in [-0.4, -0.2) is 88.8 Å². The minimum atomic E-state index is -1.29. The molecule has 2 bridgehead atoms. The number of likely N-dealkylation sites (tertiary alicyclic amines) is 1. The first-order valence-electron chi connectivity index (χ1n) is 15.9. The number of phenolic OH excluding ortho intramolecular Hbond substituents is 1. The Morgan fingerprint density at radius 3 is 2.47 bits per heavy atom. The normalized spacial score (nSPS) is 25.1. The maximum atomic E-state index is 16.8. The van der Waals surface area contributed by atoms with Gasteiger partial charge in [0.2, 0.25) is 0 Å². The highest BCUT2D eigenvalue weighted by molar-refractivity contribution is 6.04. The number of anilines is 1. The Kier molecular flexibility index (Phi) is 7.20. The molecule has 4 aliphatic rings. The van der Waals surface area contributed by atoms with Gasteiger partial charge in [-0.05, 0) is 55.3 Å². The fourth-order valence-corrected chi connectivity index (χ4v) is 7.61. The lowest BCUT2D eigenvalue weighted by molar-refractivity contribution is 0.113. The van der Waals surface area contributed by atoms with Crippen LogP contribution in [0.3, 0.4) is 0 Å². The molecule has 3 N–H and O–H groups in total. The van der Waals surface area contributed by atoms with E-state index in [1.807, 2.05) is 9.80 Å². The standard InChI is InChI=1S/C35H33F4N5O3/c1-2-22-25(36)6-3-18-9-21(45)10-23(29(18)22)30-26(37)11-24-32(31(30)39)41-34(42-33(24)44-12-19-4-5-20(13-44)40-19)47-17-35(7-8-35)16-43-14-27(38)28(46)15-43/h1,3,6,9-11,19-20,27-28,40,45-46H,4-5,7-8,12-17H2/t19?,20?,27-,28+/m0/s1. The fraction of sp³-hybridized carbons (Fsp3) is 0.429. The lowest BCUT2D eigenvalue weighted by atomic mass is 9.92. The molecule has 1 aliphatic carbocycles. The third kappa shape index (κ3) is 5.30. The zero-order valence-electron chi connectivity index (χ0n) is 25.4. The summed E-state index contributed by atoms with van der Waals surface area (Å²) in [7, 11) is 0. The van der Waals surface area contributed by atoms with Crippen LogP contribution < -0.4 is 15.0 Å². The Morgan fingerprint density at radius 1 is 1.02 bits per heavy atom. The van der Waals surface area contributed by atoms with Crippen LogP contribution >= 0.6 is 0 Å². The van der Waals surface area contributed by atoms with E-state index in [0.29, 0.717) is 30.8 Å². The summed E-state index contributed by atoms with van der Waals surface area (Å²) in [5.41, 5.74) is -1.26. The topological polar surface area (TPSA) is 94.0 Å². The van der Waals surface area contributed by atoms with Crippen molar-refractivity contribution in [1.82, 2.24) is 20.2 Å². The molecule has 2 unspecified atom stereocenters. The van der Waals surface area contributed by atoms with Crippen LogP contribution in [0.15, 0.2) is 30.3 Å². The zero-order valence-corrected chi connectivity index (χ0v) is 25.4. The third-order valence-corrected chi connectivity index (χ3v) is 10.1. The molecule has 4 heterocycles. The van der Waals surface area contributed by atoms with Crippen molar-refractivity contribution in [1.29, 1.82) is 0 Å². The van der Waals surface area contributed by atoms with Gasteiger partial charge in [0.05, 0.1) is 23.8 Å². The molecule has 244 valence electrons. The van der Waals surface area contributed by atoms with Crippen LogP contribution in [0.1, 0.15) is 31.2 Å². The molecule has 3 aromatic carbocycles. The zero-order chi connectivity index (χ0) is 32.6. The molecule has 0 radical (unpaired) electrons. The number of hydrogen-bond acceptors (Lipinski definition) is 8. The predicted octanol–water partition coefficient (Wildman–Crippen LogP) is 4.67. The van der Waals surface area contributed by atoms with Crippen molar-refractivity contribution in [3.8, 4) is 35.2 Å². The first kappa shape index (κ1) is 30.2. The summed E-state index contributed by atoms with van der Waals surface area (Å²) in [6, 6.07) is 6.56. The van der Waals surface area contributed by atoms with E-state index in [0.717, 1.165) is 37.8 Å². The van der Waals surface area contributed by atoms with E-state index in [4.69, 9.17) is 16.1 Å². The largest absolute Gasteiger partial charge is 0.508 e. The lowest BCUT2D eigenvalue weighted by Crippen LogP contribution is -2.51. The summed E-state index contributed by atoms with van der Waals surface area (Å²) in [5.74, 6) is -0.340. The van der Waals surface area contributed by atoms with Gasteiger partial charge in [-0.25, -0.2) is 17.6 Å². The van der Waals surface area contributed by atoms with E-state index < -0.39 is 35.3 Å². The molecular weight excluding hydrogens is 614 g/mol. The first-order valence-corrected chi connectivity index (χ1v) is 15.9. The molecule has 1 aromatic heterocycles. The van der Waals surface area contributed by atoms with Crippen molar-refractivity contribution < 1.29 is 32.5 Å². The van der Waals surface area contributed by atoms with Gasteiger partial charge in [0.15, 0.2) is 5.82 Å². The number of halogens is 4. The summed E-state index contributed by atoms with van der Waals surface area (Å²) in [6.07, 6.45) is 6.96. The number of piperazine rings is 1. The Balaban J connectivity index is 1.23. The molecule has 3 saturated heterocycles. The summed E-state index contributed by atoms with van der Waals surface area (Å²) in [4.78, 5) is 13.0. The Hall–Kier alpha value is -4.18. The van der Waals surface area contributed by atoms with E-state index in [-0.39, 0.29) is 76.4 Å². The highest BCUT2D eigenvalue weighted by Crippen LogP contribution is 2.47. The van der Waals surface area contributed by atoms with Crippen LogP contribution in [0.4, 0.5) is 23.4 Å². The van der Waals surface area contributed by atoms with Crippen LogP contribution in [-0.2, 0) is 0 Å². The number of fused-ring (bicyclic) bond motifs is 4. The molecule has 0 spiro atoms. The van der Waals surface area contributed by atoms with Gasteiger partial charge in [0.25, 0.3) is 0 Å². The van der Waals surface area contributed by atoms with E-state index in [1.54, 1.807) is 0 Å². The van der Waals surface area contributed by atoms with Gasteiger partial charge >= 0.3 is 6.01 Å². The molecule has 4 aromatic rings. The van der Waals surface area contributed by atoms with Crippen LogP contribution in [0.2, 0.25) is 0 Å². The number of nitrogens with one attached hydrogen (secondary N) is 1. The molecule has 0 amide bonds. The van der Waals surface area contributed by atoms with E-state index >= 15 is 8.78 Å². The highest BCUT2D eigenvalue weighted by atomic mass is 19.1. The molecule has 4 fully saturated rings. The SMILES string of the molecule is C#Cc1c(F)ccc2cc(O)cc(-c3c(F)cc4c(N5CC6CCC(C5)N6)nc(OCC5(CN6C[C@@H](O)[C@@H](F)C6)CC5)nc4c3F)c12. The average Bonchev–Trinajstić information content (AvgIpc) is 3.62. The van der Waals surface area contributed by atoms with E-state index in [9.17, 15) is 19.0 Å². The maximum Gasteiger partial charge on any atom is 0.319 e. The van der Waals surface area contributed by atoms with Crippen LogP contribution in [0, 0.1) is 35.2 Å². The number of ether oxygens (including phenoxy) is 1. The van der Waals surface area contributed by atoms with Crippen LogP contribution in [0.25, 0.3) is 32.8 Å². The fourth-order valence-electron chi connectivity index (χ4n) is 7.61. The van der Waals surface area contributed by atoms with Crippen molar-refractivity contribution in [2.24, 2.45) is 5.41 Å². The second-order valence-corrected chi connectivity index (χ2v) is 13.5. The number of aromatic nitrogens is 2. The second-order valence-electron chi connectivity index (χ2n) is 13.5. The highest BCUT2D eigenvalue weighted by Gasteiger charge is 2.47. The van der Waals surface area contributed by atoms with E-state index in [1.165, 1.54) is 18.2 Å². The summed E-state index contributed by atoms with van der Waals surface area (Å²) < 4.78 is 68.0. The lowest BCUT2D eigenvalue weighted by Gasteiger charge is -2.34. The molecule has 47 heavy (non-hydrogen) atoms. The molecule has 4 atom stereocenters. The Bertz CT molecular complexity index is 1940. The molecule has 3 aliphatic heterocycles. The average molecular weight is 648 g/mol. The van der Waals surface area contributed by atoms with Gasteiger partial charge in [-0.1, -0.05) is 12.0 Å². The number of benzene rings is 3. The van der Waals surface area contributed by atoms with Crippen molar-refractivity contribution in [2.75, 3.05) is 44.2 Å². The first-order chi connectivity index (χ1) is 22.6. The second kappa shape index (κ2) is 11.2. The molecule has 8 nitrogen and oxygen atoms in total. The van der Waals surface area contributed by atoms with Gasteiger partial charge < -0.3 is 25.2 Å². The number of aliphatic hydroxyl groups excluding tert-OH is 1. The maximum absolute atomic E-state index is 16.8. The Labute approximate surface area is 268 Å². The summed E-state index contributed by atoms with van der Waals surface area (Å²) in [5, 5.41) is 24.5. The van der Waals surface area contributed by atoms with Gasteiger partial charge in [0, 0.05) is 66.6 Å². The number of rotatable bonds is 7. The van der Waals surface area contributed by atoms with Crippen molar-refractivity contribution in [2.45, 2.75) is 50.0 Å². The van der Waals surface area contributed by atoms with Crippen molar-refractivity contribution in [3.63, 3.8) is 0 Å². The number of β-amino-alcohol motifs (C(OH)–C–C–N with tert-alkyl or cyclic N) is 1. The molecule has 12 heteroatoms. The van der Waals surface area contributed by atoms with Gasteiger partial charge in [0.1, 0.15) is 34.9 Å². The Morgan fingerprint density at radius 2 is 1.79 bits per heavy atom. The number of alkyl halides is 1. The van der Waals surface area contributed by atoms with Crippen molar-refractivity contribution in [3.05, 3.63) is 53.3 Å². The summed E-state index contributed by atoms with van der Waals surface area (Å²) in [6.45, 7) is 2.31. The predicted molar refractivity (Wildman–Crippen MR) is 169 cm³/mol. The van der Waals surface area contributed by atoms with E-state index in [2.05, 4.69) is 16.2 Å². The number of phenols is 1. The minimum Gasteiger partial charge on any atom is -0.508 e. The number of terminal acetylenes is 1. The minimum absolute atomic E-state index is 0.0814. The van der Waals surface area contributed by atoms with Crippen LogP contribution in [0.5, 0.6) is 11.8 Å². The van der Waals surface area contributed by atoms with Gasteiger partial charge in [-0.2, -0.15) is 9.97 Å². The number of hydrogen-bond donors (Lipinski definition) is 3. The number of nitrogens with zero attached hydrogens (tertiary/aromatic N) is 4. The quantitative estimate of drug-likeness (QED) is 0.197. The third-order valence-electron chi connectivity index (χ3n) is 10.1. The number of aliphatic hydroxyl groups is 1. The molecule has 8 rings (SSSR count). The number of aromatic hydroxyl groups is 1. The molecular formula is C35H33F4N5O3. The molecule has 1 saturated carbocycles. The smallest absolute Gasteiger partial charge is 0.319 e. The summed E-state index contributed by atoms with van der Waals surface area (Å²) >= 11 is 0. The van der Waals surface area contributed by atoms with Crippen molar-refractivity contribution >= 4 is 27.5 Å². The monoisotopic (exact) mass is 647 g/mol. The van der Waals surface area contributed by atoms with Gasteiger partial charge in [-0.3, -0.25) is 4.90 Å².